The standard InChI is InChI=1S/C22H32N2O4/c1-17-4-3-12-24(16-17)22(26)18-5-7-19(8-6-18)28-20-9-13-23(14-10-20)21(25)11-15-27-2/h5-8,17,20H,3-4,9-16H2,1-2H3. The number of piperidine rings is 2. The Kier molecular flexibility index (Phi) is 7.31. The van der Waals surface area contributed by atoms with Crippen molar-refractivity contribution in [2.24, 2.45) is 5.92 Å². The number of nitrogens with zero attached hydrogens (tertiary/aromatic N) is 2. The minimum atomic E-state index is 0.107. The van der Waals surface area contributed by atoms with E-state index in [0.29, 0.717) is 18.9 Å². The second kappa shape index (κ2) is 9.92. The summed E-state index contributed by atoms with van der Waals surface area (Å²) < 4.78 is 11.0. The number of carbonyl (C=O) groups excluding carboxylic acids is 2. The minimum Gasteiger partial charge on any atom is -0.490 e. The molecule has 3 rings (SSSR count). The van der Waals surface area contributed by atoms with E-state index in [1.54, 1.807) is 7.11 Å². The van der Waals surface area contributed by atoms with Crippen LogP contribution in [0, 0.1) is 5.92 Å². The topological polar surface area (TPSA) is 59.1 Å². The number of methoxy groups -OCH3 is 1. The van der Waals surface area contributed by atoms with Crippen LogP contribution in [0.1, 0.15) is 49.4 Å². The maximum Gasteiger partial charge on any atom is 0.253 e. The summed E-state index contributed by atoms with van der Waals surface area (Å²) in [5.74, 6) is 1.62. The van der Waals surface area contributed by atoms with E-state index in [1.807, 2.05) is 34.1 Å². The van der Waals surface area contributed by atoms with E-state index in [9.17, 15) is 9.59 Å². The van der Waals surface area contributed by atoms with Gasteiger partial charge >= 0.3 is 0 Å². The van der Waals surface area contributed by atoms with Gasteiger partial charge in [-0.1, -0.05) is 6.92 Å². The van der Waals surface area contributed by atoms with Crippen LogP contribution in [0.2, 0.25) is 0 Å². The quantitative estimate of drug-likeness (QED) is 0.752. The van der Waals surface area contributed by atoms with Crippen molar-refractivity contribution < 1.29 is 19.1 Å². The normalized spacial score (nSPS) is 20.9. The summed E-state index contributed by atoms with van der Waals surface area (Å²) in [7, 11) is 1.61. The summed E-state index contributed by atoms with van der Waals surface area (Å²) in [6.07, 6.45) is 4.48. The lowest BCUT2D eigenvalue weighted by Crippen LogP contribution is -2.42. The lowest BCUT2D eigenvalue weighted by Gasteiger charge is -2.32. The van der Waals surface area contributed by atoms with Crippen molar-refractivity contribution in [2.75, 3.05) is 39.9 Å². The van der Waals surface area contributed by atoms with Crippen molar-refractivity contribution in [3.05, 3.63) is 29.8 Å². The van der Waals surface area contributed by atoms with E-state index < -0.39 is 0 Å². The highest BCUT2D eigenvalue weighted by Gasteiger charge is 2.24. The van der Waals surface area contributed by atoms with Crippen LogP contribution in [0.4, 0.5) is 0 Å². The average molecular weight is 389 g/mol. The van der Waals surface area contributed by atoms with Crippen molar-refractivity contribution in [3.8, 4) is 5.75 Å². The first kappa shape index (κ1) is 20.6. The van der Waals surface area contributed by atoms with Crippen LogP contribution in [0.3, 0.4) is 0 Å². The predicted octanol–water partition coefficient (Wildman–Crippen LogP) is 2.97. The lowest BCUT2D eigenvalue weighted by molar-refractivity contribution is -0.133. The molecule has 2 aliphatic heterocycles. The molecule has 1 unspecified atom stereocenters. The van der Waals surface area contributed by atoms with E-state index in [0.717, 1.165) is 56.8 Å². The summed E-state index contributed by atoms with van der Waals surface area (Å²) >= 11 is 0. The molecule has 0 aliphatic carbocycles. The van der Waals surface area contributed by atoms with Gasteiger partial charge in [0.05, 0.1) is 13.0 Å². The summed E-state index contributed by atoms with van der Waals surface area (Å²) in [6.45, 7) is 5.80. The van der Waals surface area contributed by atoms with Crippen molar-refractivity contribution >= 4 is 11.8 Å². The number of likely N-dealkylation sites (tertiary alicyclic amines) is 2. The van der Waals surface area contributed by atoms with Gasteiger partial charge < -0.3 is 19.3 Å². The number of hydrogen-bond donors (Lipinski definition) is 0. The van der Waals surface area contributed by atoms with Crippen molar-refractivity contribution in [3.63, 3.8) is 0 Å². The molecule has 0 N–H and O–H groups in total. The summed E-state index contributed by atoms with van der Waals surface area (Å²) in [5.41, 5.74) is 0.722. The zero-order chi connectivity index (χ0) is 19.9. The third-order valence-corrected chi connectivity index (χ3v) is 5.66. The van der Waals surface area contributed by atoms with Crippen LogP contribution in [0.25, 0.3) is 0 Å². The Morgan fingerprint density at radius 2 is 1.75 bits per heavy atom. The van der Waals surface area contributed by atoms with Gasteiger partial charge in [-0.2, -0.15) is 0 Å². The third-order valence-electron chi connectivity index (χ3n) is 5.66. The first-order valence-corrected chi connectivity index (χ1v) is 10.4. The fraction of sp³-hybridized carbons (Fsp3) is 0.636. The monoisotopic (exact) mass is 388 g/mol. The smallest absolute Gasteiger partial charge is 0.253 e. The number of hydrogen-bond acceptors (Lipinski definition) is 4. The van der Waals surface area contributed by atoms with E-state index in [4.69, 9.17) is 9.47 Å². The SMILES string of the molecule is COCCC(=O)N1CCC(Oc2ccc(C(=O)N3CCCC(C)C3)cc2)CC1. The van der Waals surface area contributed by atoms with Crippen LogP contribution in [0.5, 0.6) is 5.75 Å². The number of rotatable bonds is 6. The Morgan fingerprint density at radius 1 is 1.04 bits per heavy atom. The van der Waals surface area contributed by atoms with E-state index >= 15 is 0 Å². The molecule has 154 valence electrons. The van der Waals surface area contributed by atoms with E-state index in [2.05, 4.69) is 6.92 Å². The van der Waals surface area contributed by atoms with E-state index in [1.165, 1.54) is 6.42 Å². The van der Waals surface area contributed by atoms with Crippen LogP contribution in [-0.2, 0) is 9.53 Å². The van der Waals surface area contributed by atoms with Crippen LogP contribution in [-0.4, -0.2) is 67.6 Å². The molecule has 6 nitrogen and oxygen atoms in total. The van der Waals surface area contributed by atoms with Gasteiger partial charge in [-0.15, -0.1) is 0 Å². The van der Waals surface area contributed by atoms with Gasteiger partial charge in [0.1, 0.15) is 11.9 Å². The molecule has 2 amide bonds. The highest BCUT2D eigenvalue weighted by molar-refractivity contribution is 5.94. The van der Waals surface area contributed by atoms with E-state index in [-0.39, 0.29) is 17.9 Å². The first-order chi connectivity index (χ1) is 13.6. The Morgan fingerprint density at radius 3 is 2.39 bits per heavy atom. The summed E-state index contributed by atoms with van der Waals surface area (Å²) in [5, 5.41) is 0. The highest BCUT2D eigenvalue weighted by Crippen LogP contribution is 2.22. The van der Waals surface area contributed by atoms with Gasteiger partial charge in [0.25, 0.3) is 5.91 Å². The maximum atomic E-state index is 12.7. The van der Waals surface area contributed by atoms with Gasteiger partial charge in [0, 0.05) is 51.7 Å². The zero-order valence-corrected chi connectivity index (χ0v) is 17.1. The zero-order valence-electron chi connectivity index (χ0n) is 17.1. The van der Waals surface area contributed by atoms with Gasteiger partial charge in [-0.25, -0.2) is 0 Å². The van der Waals surface area contributed by atoms with Gasteiger partial charge in [0.2, 0.25) is 5.91 Å². The molecule has 28 heavy (non-hydrogen) atoms. The van der Waals surface area contributed by atoms with Crippen molar-refractivity contribution in [2.45, 2.75) is 45.1 Å². The molecule has 2 saturated heterocycles. The second-order valence-electron chi connectivity index (χ2n) is 7.96. The second-order valence-corrected chi connectivity index (χ2v) is 7.96. The van der Waals surface area contributed by atoms with Gasteiger partial charge in [-0.3, -0.25) is 9.59 Å². The fourth-order valence-corrected chi connectivity index (χ4v) is 4.00. The Labute approximate surface area is 167 Å². The molecule has 1 atom stereocenters. The Bertz CT molecular complexity index is 653. The number of ether oxygens (including phenoxy) is 2. The third kappa shape index (κ3) is 5.47. The largest absolute Gasteiger partial charge is 0.490 e. The molecule has 0 radical (unpaired) electrons. The Balaban J connectivity index is 1.47. The van der Waals surface area contributed by atoms with Crippen LogP contribution >= 0.6 is 0 Å². The molecule has 0 saturated carbocycles. The molecule has 2 heterocycles. The lowest BCUT2D eigenvalue weighted by atomic mass is 9.99. The average Bonchev–Trinajstić information content (AvgIpc) is 2.72. The summed E-state index contributed by atoms with van der Waals surface area (Å²) in [6, 6.07) is 7.49. The predicted molar refractivity (Wildman–Crippen MR) is 107 cm³/mol. The fourth-order valence-electron chi connectivity index (χ4n) is 4.00. The molecule has 1 aromatic carbocycles. The number of amides is 2. The Hall–Kier alpha value is -2.08. The summed E-state index contributed by atoms with van der Waals surface area (Å²) in [4.78, 5) is 28.6. The van der Waals surface area contributed by atoms with Crippen LogP contribution in [0.15, 0.2) is 24.3 Å². The minimum absolute atomic E-state index is 0.107. The molecule has 0 bridgehead atoms. The molecule has 2 aliphatic rings. The molecule has 1 aromatic rings. The molecular weight excluding hydrogens is 356 g/mol. The molecule has 0 aromatic heterocycles. The van der Waals surface area contributed by atoms with Crippen molar-refractivity contribution in [1.29, 1.82) is 0 Å². The molecule has 2 fully saturated rings. The highest BCUT2D eigenvalue weighted by atomic mass is 16.5. The maximum absolute atomic E-state index is 12.7. The van der Waals surface area contributed by atoms with Crippen LogP contribution < -0.4 is 4.74 Å². The van der Waals surface area contributed by atoms with Gasteiger partial charge in [-0.05, 0) is 43.0 Å². The van der Waals surface area contributed by atoms with Gasteiger partial charge in [0.15, 0.2) is 0 Å². The first-order valence-electron chi connectivity index (χ1n) is 10.4. The van der Waals surface area contributed by atoms with Crippen molar-refractivity contribution in [1.82, 2.24) is 9.80 Å². The number of carbonyl (C=O) groups is 2. The molecule has 0 spiro atoms. The molecule has 6 heteroatoms. The molecular formula is C22H32N2O4. The number of benzene rings is 1.